The minimum atomic E-state index is -0.00459. The second-order valence-electron chi connectivity index (χ2n) is 4.24. The van der Waals surface area contributed by atoms with Crippen molar-refractivity contribution >= 4 is 0 Å². The van der Waals surface area contributed by atoms with E-state index in [9.17, 15) is 4.79 Å². The molecule has 4 nitrogen and oxygen atoms in total. The summed E-state index contributed by atoms with van der Waals surface area (Å²) in [5.74, 6) is 6.68. The zero-order valence-corrected chi connectivity index (χ0v) is 11.3. The van der Waals surface area contributed by atoms with Gasteiger partial charge in [0.05, 0.1) is 13.7 Å². The SMILES string of the molecule is COc1ccc(C#CCN)c(Cn2ccc(=O)cc2)c1. The Kier molecular flexibility index (Phi) is 4.59. The molecule has 0 saturated heterocycles. The van der Waals surface area contributed by atoms with Crippen LogP contribution in [0.3, 0.4) is 0 Å². The Morgan fingerprint density at radius 2 is 2.00 bits per heavy atom. The van der Waals surface area contributed by atoms with Crippen LogP contribution in [0.25, 0.3) is 0 Å². The Labute approximate surface area is 117 Å². The number of benzene rings is 1. The quantitative estimate of drug-likeness (QED) is 0.851. The summed E-state index contributed by atoms with van der Waals surface area (Å²) in [6.45, 7) is 0.940. The molecule has 2 aromatic rings. The van der Waals surface area contributed by atoms with Gasteiger partial charge in [-0.1, -0.05) is 11.8 Å². The van der Waals surface area contributed by atoms with E-state index >= 15 is 0 Å². The number of rotatable bonds is 3. The van der Waals surface area contributed by atoms with Crippen LogP contribution in [0.15, 0.2) is 47.5 Å². The van der Waals surface area contributed by atoms with Gasteiger partial charge in [-0.3, -0.25) is 4.79 Å². The summed E-state index contributed by atoms with van der Waals surface area (Å²) in [5, 5.41) is 0. The maximum Gasteiger partial charge on any atom is 0.181 e. The number of aromatic nitrogens is 1. The summed E-state index contributed by atoms with van der Waals surface area (Å²) in [5.41, 5.74) is 7.34. The van der Waals surface area contributed by atoms with E-state index in [1.54, 1.807) is 19.5 Å². The van der Waals surface area contributed by atoms with Crippen molar-refractivity contribution in [2.75, 3.05) is 13.7 Å². The van der Waals surface area contributed by atoms with Crippen molar-refractivity contribution in [3.8, 4) is 17.6 Å². The lowest BCUT2D eigenvalue weighted by Gasteiger charge is -2.10. The lowest BCUT2D eigenvalue weighted by Crippen LogP contribution is -2.06. The number of pyridine rings is 1. The van der Waals surface area contributed by atoms with Gasteiger partial charge in [-0.25, -0.2) is 0 Å². The highest BCUT2D eigenvalue weighted by molar-refractivity contribution is 5.45. The molecule has 0 fully saturated rings. The van der Waals surface area contributed by atoms with Gasteiger partial charge in [0.25, 0.3) is 0 Å². The minimum Gasteiger partial charge on any atom is -0.497 e. The maximum absolute atomic E-state index is 11.1. The van der Waals surface area contributed by atoms with Crippen LogP contribution in [0.5, 0.6) is 5.75 Å². The molecule has 0 aliphatic heterocycles. The van der Waals surface area contributed by atoms with Crippen LogP contribution in [-0.2, 0) is 6.54 Å². The smallest absolute Gasteiger partial charge is 0.181 e. The van der Waals surface area contributed by atoms with Crippen LogP contribution >= 0.6 is 0 Å². The Morgan fingerprint density at radius 3 is 2.65 bits per heavy atom. The van der Waals surface area contributed by atoms with Gasteiger partial charge in [-0.2, -0.15) is 0 Å². The van der Waals surface area contributed by atoms with Crippen molar-refractivity contribution in [2.24, 2.45) is 5.73 Å². The number of methoxy groups -OCH3 is 1. The third-order valence-electron chi connectivity index (χ3n) is 2.85. The van der Waals surface area contributed by atoms with Gasteiger partial charge < -0.3 is 15.0 Å². The molecule has 0 amide bonds. The lowest BCUT2D eigenvalue weighted by atomic mass is 10.1. The highest BCUT2D eigenvalue weighted by Gasteiger charge is 2.03. The number of hydrogen-bond acceptors (Lipinski definition) is 3. The summed E-state index contributed by atoms with van der Waals surface area (Å²) in [6.07, 6.45) is 3.50. The van der Waals surface area contributed by atoms with Gasteiger partial charge in [0.1, 0.15) is 5.75 Å². The van der Waals surface area contributed by atoms with E-state index in [1.165, 1.54) is 12.1 Å². The molecule has 0 atom stereocenters. The molecule has 1 heterocycles. The molecule has 102 valence electrons. The van der Waals surface area contributed by atoms with Crippen LogP contribution < -0.4 is 15.9 Å². The van der Waals surface area contributed by atoms with E-state index in [0.717, 1.165) is 16.9 Å². The first-order valence-electron chi connectivity index (χ1n) is 6.25. The van der Waals surface area contributed by atoms with Crippen LogP contribution in [0.1, 0.15) is 11.1 Å². The molecule has 0 saturated carbocycles. The molecule has 0 radical (unpaired) electrons. The molecule has 0 unspecified atom stereocenters. The molecule has 0 spiro atoms. The van der Waals surface area contributed by atoms with E-state index in [4.69, 9.17) is 10.5 Å². The molecular formula is C16H16N2O2. The average molecular weight is 268 g/mol. The van der Waals surface area contributed by atoms with Crippen molar-refractivity contribution < 1.29 is 4.74 Å². The summed E-state index contributed by atoms with van der Waals surface area (Å²) in [7, 11) is 1.63. The van der Waals surface area contributed by atoms with Gasteiger partial charge in [-0.15, -0.1) is 0 Å². The van der Waals surface area contributed by atoms with Crippen molar-refractivity contribution in [3.05, 3.63) is 64.1 Å². The second kappa shape index (κ2) is 6.60. The molecule has 2 N–H and O–H groups in total. The lowest BCUT2D eigenvalue weighted by molar-refractivity contribution is 0.414. The van der Waals surface area contributed by atoms with Crippen LogP contribution in [0, 0.1) is 11.8 Å². The predicted octanol–water partition coefficient (Wildman–Crippen LogP) is 1.22. The first-order valence-corrected chi connectivity index (χ1v) is 6.25. The minimum absolute atomic E-state index is 0.00459. The van der Waals surface area contributed by atoms with E-state index in [0.29, 0.717) is 13.1 Å². The third-order valence-corrected chi connectivity index (χ3v) is 2.85. The largest absolute Gasteiger partial charge is 0.497 e. The Balaban J connectivity index is 2.36. The molecule has 1 aromatic carbocycles. The molecule has 1 aromatic heterocycles. The number of hydrogen-bond donors (Lipinski definition) is 1. The van der Waals surface area contributed by atoms with Crippen LogP contribution in [0.2, 0.25) is 0 Å². The van der Waals surface area contributed by atoms with Gasteiger partial charge >= 0.3 is 0 Å². The van der Waals surface area contributed by atoms with Crippen molar-refractivity contribution in [3.63, 3.8) is 0 Å². The highest BCUT2D eigenvalue weighted by atomic mass is 16.5. The zero-order chi connectivity index (χ0) is 14.4. The number of nitrogens with two attached hydrogens (primary N) is 1. The van der Waals surface area contributed by atoms with E-state index in [2.05, 4.69) is 11.8 Å². The molecule has 2 rings (SSSR count). The highest BCUT2D eigenvalue weighted by Crippen LogP contribution is 2.18. The second-order valence-corrected chi connectivity index (χ2v) is 4.24. The van der Waals surface area contributed by atoms with Crippen LogP contribution in [0.4, 0.5) is 0 Å². The molecular weight excluding hydrogens is 252 g/mol. The fourth-order valence-corrected chi connectivity index (χ4v) is 1.84. The molecule has 0 aliphatic rings. The average Bonchev–Trinajstić information content (AvgIpc) is 2.48. The normalized spacial score (nSPS) is 9.70. The molecule has 0 aliphatic carbocycles. The van der Waals surface area contributed by atoms with Gasteiger partial charge in [-0.05, 0) is 23.8 Å². The van der Waals surface area contributed by atoms with Crippen LogP contribution in [-0.4, -0.2) is 18.2 Å². The predicted molar refractivity (Wildman–Crippen MR) is 78.7 cm³/mol. The maximum atomic E-state index is 11.1. The Bertz CT molecular complexity index is 688. The summed E-state index contributed by atoms with van der Waals surface area (Å²) >= 11 is 0. The van der Waals surface area contributed by atoms with E-state index < -0.39 is 0 Å². The Hall–Kier alpha value is -2.51. The van der Waals surface area contributed by atoms with Gasteiger partial charge in [0, 0.05) is 36.6 Å². The fraction of sp³-hybridized carbons (Fsp3) is 0.188. The Morgan fingerprint density at radius 1 is 1.25 bits per heavy atom. The summed E-state index contributed by atoms with van der Waals surface area (Å²) in [6, 6.07) is 8.80. The van der Waals surface area contributed by atoms with Crippen molar-refractivity contribution in [2.45, 2.75) is 6.54 Å². The molecule has 4 heteroatoms. The van der Waals surface area contributed by atoms with Crippen molar-refractivity contribution in [1.82, 2.24) is 4.57 Å². The fourth-order valence-electron chi connectivity index (χ4n) is 1.84. The number of ether oxygens (including phenoxy) is 1. The zero-order valence-electron chi connectivity index (χ0n) is 11.3. The number of nitrogens with zero attached hydrogens (tertiary/aromatic N) is 1. The third kappa shape index (κ3) is 3.50. The summed E-state index contributed by atoms with van der Waals surface area (Å²) in [4.78, 5) is 11.1. The summed E-state index contributed by atoms with van der Waals surface area (Å²) < 4.78 is 7.16. The molecule has 20 heavy (non-hydrogen) atoms. The van der Waals surface area contributed by atoms with Gasteiger partial charge in [0.2, 0.25) is 0 Å². The van der Waals surface area contributed by atoms with Gasteiger partial charge in [0.15, 0.2) is 5.43 Å². The first kappa shape index (κ1) is 13.9. The molecule has 0 bridgehead atoms. The first-order chi connectivity index (χ1) is 9.72. The standard InChI is InChI=1S/C16H16N2O2/c1-20-16-5-4-13(3-2-8-17)14(11-16)12-18-9-6-15(19)7-10-18/h4-7,9-11H,8,12,17H2,1H3. The monoisotopic (exact) mass is 268 g/mol. The van der Waals surface area contributed by atoms with E-state index in [-0.39, 0.29) is 5.43 Å². The van der Waals surface area contributed by atoms with Crippen molar-refractivity contribution in [1.29, 1.82) is 0 Å². The topological polar surface area (TPSA) is 57.2 Å². The van der Waals surface area contributed by atoms with E-state index in [1.807, 2.05) is 22.8 Å².